The summed E-state index contributed by atoms with van der Waals surface area (Å²) in [5, 5.41) is 9.20. The van der Waals surface area contributed by atoms with Gasteiger partial charge in [0.05, 0.1) is 6.61 Å². The summed E-state index contributed by atoms with van der Waals surface area (Å²) in [6, 6.07) is 0. The van der Waals surface area contributed by atoms with E-state index in [0.717, 1.165) is 0 Å². The van der Waals surface area contributed by atoms with E-state index in [4.69, 9.17) is 14.2 Å². The predicted molar refractivity (Wildman–Crippen MR) is 35.8 cm³/mol. The van der Waals surface area contributed by atoms with E-state index in [0.29, 0.717) is 6.61 Å². The first-order valence-electron chi connectivity index (χ1n) is 3.74. The van der Waals surface area contributed by atoms with Crippen LogP contribution in [-0.2, 0) is 14.2 Å². The van der Waals surface area contributed by atoms with E-state index in [1.807, 2.05) is 13.8 Å². The Bertz CT molecular complexity index is 168. The second-order valence-corrected chi connectivity index (χ2v) is 3.36. The molecule has 3 unspecified atom stereocenters. The van der Waals surface area contributed by atoms with Crippen molar-refractivity contribution in [2.24, 2.45) is 0 Å². The monoisotopic (exact) mass is 160 g/mol. The third-order valence-electron chi connectivity index (χ3n) is 1.93. The fourth-order valence-electron chi connectivity index (χ4n) is 1.52. The number of rotatable bonds is 0. The van der Waals surface area contributed by atoms with Crippen molar-refractivity contribution in [2.75, 3.05) is 6.61 Å². The molecule has 0 saturated carbocycles. The zero-order chi connectivity index (χ0) is 8.06. The van der Waals surface area contributed by atoms with Crippen molar-refractivity contribution in [1.82, 2.24) is 0 Å². The van der Waals surface area contributed by atoms with Gasteiger partial charge in [-0.2, -0.15) is 0 Å². The maximum absolute atomic E-state index is 9.20. The first kappa shape index (κ1) is 7.49. The number of aliphatic hydroxyl groups is 1. The molecule has 0 spiro atoms. The Balaban J connectivity index is 2.10. The molecule has 0 aliphatic carbocycles. The van der Waals surface area contributed by atoms with Crippen LogP contribution in [0.15, 0.2) is 0 Å². The fraction of sp³-hybridized carbons (Fsp3) is 1.00. The molecule has 1 N–H and O–H groups in total. The van der Waals surface area contributed by atoms with E-state index in [2.05, 4.69) is 0 Å². The maximum atomic E-state index is 9.20. The minimum atomic E-state index is -0.818. The van der Waals surface area contributed by atoms with E-state index < -0.39 is 12.1 Å². The lowest BCUT2D eigenvalue weighted by Crippen LogP contribution is -2.29. The Morgan fingerprint density at radius 3 is 2.73 bits per heavy atom. The molecular weight excluding hydrogens is 148 g/mol. The summed E-state index contributed by atoms with van der Waals surface area (Å²) in [4.78, 5) is 0. The number of aliphatic hydroxyl groups excluding tert-OH is 1. The Hall–Kier alpha value is -0.160. The first-order valence-corrected chi connectivity index (χ1v) is 3.74. The van der Waals surface area contributed by atoms with Crippen LogP contribution in [0.3, 0.4) is 0 Å². The Labute approximate surface area is 65.1 Å². The van der Waals surface area contributed by atoms with Crippen molar-refractivity contribution < 1.29 is 19.3 Å². The summed E-state index contributed by atoms with van der Waals surface area (Å²) in [6.07, 6.45) is -1.22. The van der Waals surface area contributed by atoms with Crippen LogP contribution < -0.4 is 0 Å². The van der Waals surface area contributed by atoms with Crippen molar-refractivity contribution in [3.63, 3.8) is 0 Å². The van der Waals surface area contributed by atoms with Crippen molar-refractivity contribution in [2.45, 2.75) is 38.1 Å². The molecule has 2 aliphatic heterocycles. The van der Waals surface area contributed by atoms with Crippen LogP contribution in [0.2, 0.25) is 0 Å². The summed E-state index contributed by atoms with van der Waals surface area (Å²) in [5.41, 5.74) is 0. The van der Waals surface area contributed by atoms with Gasteiger partial charge in [-0.3, -0.25) is 0 Å². The second kappa shape index (κ2) is 2.17. The van der Waals surface area contributed by atoms with Gasteiger partial charge in [-0.25, -0.2) is 0 Å². The normalized spacial score (nSPS) is 47.7. The summed E-state index contributed by atoms with van der Waals surface area (Å²) >= 11 is 0. The topological polar surface area (TPSA) is 47.9 Å². The molecule has 2 heterocycles. The third-order valence-corrected chi connectivity index (χ3v) is 1.93. The second-order valence-electron chi connectivity index (χ2n) is 3.36. The third kappa shape index (κ3) is 1.16. The van der Waals surface area contributed by atoms with Gasteiger partial charge in [0.2, 0.25) is 0 Å². The highest BCUT2D eigenvalue weighted by atomic mass is 16.8. The SMILES string of the molecule is CC1(C)OC2COC(O)C2O1. The number of fused-ring (bicyclic) bond motifs is 1. The van der Waals surface area contributed by atoms with Crippen molar-refractivity contribution in [3.8, 4) is 0 Å². The molecule has 3 atom stereocenters. The van der Waals surface area contributed by atoms with Gasteiger partial charge in [-0.1, -0.05) is 0 Å². The highest BCUT2D eigenvalue weighted by molar-refractivity contribution is 4.87. The standard InChI is InChI=1S/C7H12O4/c1-7(2)10-4-3-9-6(8)5(4)11-7/h4-6,8H,3H2,1-2H3. The molecule has 2 aliphatic rings. The van der Waals surface area contributed by atoms with E-state index in [1.54, 1.807) is 0 Å². The van der Waals surface area contributed by atoms with E-state index >= 15 is 0 Å². The predicted octanol–water partition coefficient (Wildman–Crippen LogP) is -0.145. The van der Waals surface area contributed by atoms with Gasteiger partial charge in [0.1, 0.15) is 12.2 Å². The summed E-state index contributed by atoms with van der Waals surface area (Å²) in [5.74, 6) is -0.569. The number of hydrogen-bond acceptors (Lipinski definition) is 4. The molecule has 0 radical (unpaired) electrons. The smallest absolute Gasteiger partial charge is 0.184 e. The van der Waals surface area contributed by atoms with Gasteiger partial charge >= 0.3 is 0 Å². The van der Waals surface area contributed by atoms with Gasteiger partial charge in [-0.05, 0) is 13.8 Å². The van der Waals surface area contributed by atoms with Crippen molar-refractivity contribution >= 4 is 0 Å². The van der Waals surface area contributed by atoms with Crippen molar-refractivity contribution in [1.29, 1.82) is 0 Å². The minimum absolute atomic E-state index is 0.0972. The number of ether oxygens (including phenoxy) is 3. The highest BCUT2D eigenvalue weighted by Crippen LogP contribution is 2.33. The quantitative estimate of drug-likeness (QED) is 0.535. The molecule has 0 bridgehead atoms. The highest BCUT2D eigenvalue weighted by Gasteiger charge is 2.49. The van der Waals surface area contributed by atoms with Gasteiger partial charge in [-0.15, -0.1) is 0 Å². The van der Waals surface area contributed by atoms with Crippen LogP contribution in [0.4, 0.5) is 0 Å². The average Bonchev–Trinajstić information content (AvgIpc) is 2.31. The molecule has 2 saturated heterocycles. The van der Waals surface area contributed by atoms with E-state index in [9.17, 15) is 5.11 Å². The van der Waals surface area contributed by atoms with Crippen LogP contribution in [0.25, 0.3) is 0 Å². The van der Waals surface area contributed by atoms with Gasteiger partial charge in [0.15, 0.2) is 12.1 Å². The zero-order valence-corrected chi connectivity index (χ0v) is 6.61. The first-order chi connectivity index (χ1) is 5.08. The van der Waals surface area contributed by atoms with Crippen LogP contribution in [0, 0.1) is 0 Å². The minimum Gasteiger partial charge on any atom is -0.366 e. The van der Waals surface area contributed by atoms with Gasteiger partial charge < -0.3 is 19.3 Å². The fourth-order valence-corrected chi connectivity index (χ4v) is 1.52. The molecule has 0 aromatic heterocycles. The Morgan fingerprint density at radius 2 is 2.09 bits per heavy atom. The lowest BCUT2D eigenvalue weighted by atomic mass is 10.2. The van der Waals surface area contributed by atoms with Gasteiger partial charge in [0.25, 0.3) is 0 Å². The maximum Gasteiger partial charge on any atom is 0.184 e. The largest absolute Gasteiger partial charge is 0.366 e. The molecule has 4 nitrogen and oxygen atoms in total. The van der Waals surface area contributed by atoms with E-state index in [1.165, 1.54) is 0 Å². The average molecular weight is 160 g/mol. The molecule has 0 amide bonds. The molecule has 64 valence electrons. The molecule has 0 aromatic rings. The van der Waals surface area contributed by atoms with Crippen molar-refractivity contribution in [3.05, 3.63) is 0 Å². The Kier molecular flexibility index (Phi) is 1.47. The molecule has 0 aromatic carbocycles. The van der Waals surface area contributed by atoms with Crippen LogP contribution in [0.1, 0.15) is 13.8 Å². The molecule has 4 heteroatoms. The van der Waals surface area contributed by atoms with Crippen LogP contribution >= 0.6 is 0 Å². The molecule has 2 fully saturated rings. The van der Waals surface area contributed by atoms with Crippen LogP contribution in [0.5, 0.6) is 0 Å². The van der Waals surface area contributed by atoms with Crippen LogP contribution in [-0.4, -0.2) is 36.0 Å². The molecular formula is C7H12O4. The number of hydrogen-bond donors (Lipinski definition) is 1. The van der Waals surface area contributed by atoms with Gasteiger partial charge in [0, 0.05) is 0 Å². The lowest BCUT2D eigenvalue weighted by Gasteiger charge is -2.19. The lowest BCUT2D eigenvalue weighted by molar-refractivity contribution is -0.205. The summed E-state index contributed by atoms with van der Waals surface area (Å²) in [7, 11) is 0. The summed E-state index contributed by atoms with van der Waals surface area (Å²) < 4.78 is 15.7. The van der Waals surface area contributed by atoms with E-state index in [-0.39, 0.29) is 12.2 Å². The summed E-state index contributed by atoms with van der Waals surface area (Å²) in [6.45, 7) is 4.09. The molecule has 11 heavy (non-hydrogen) atoms. The Morgan fingerprint density at radius 1 is 1.36 bits per heavy atom. The molecule has 2 rings (SSSR count). The zero-order valence-electron chi connectivity index (χ0n) is 6.61.